The van der Waals surface area contributed by atoms with E-state index in [-0.39, 0.29) is 24.0 Å². The minimum absolute atomic E-state index is 0.0732. The molecule has 0 aliphatic carbocycles. The van der Waals surface area contributed by atoms with E-state index in [1.165, 1.54) is 0 Å². The van der Waals surface area contributed by atoms with Crippen LogP contribution in [0.5, 0.6) is 0 Å². The van der Waals surface area contributed by atoms with Crippen LogP contribution in [0.25, 0.3) is 0 Å². The molecule has 116 valence electrons. The minimum Gasteiger partial charge on any atom is -0.394 e. The van der Waals surface area contributed by atoms with Gasteiger partial charge in [0.2, 0.25) is 5.91 Å². The summed E-state index contributed by atoms with van der Waals surface area (Å²) in [6.07, 6.45) is 3.66. The summed E-state index contributed by atoms with van der Waals surface area (Å²) in [5, 5.41) is 16.0. The van der Waals surface area contributed by atoms with E-state index in [0.29, 0.717) is 0 Å². The van der Waals surface area contributed by atoms with E-state index in [2.05, 4.69) is 17.6 Å². The molecule has 0 unspecified atom stereocenters. The third kappa shape index (κ3) is 3.83. The number of carbonyl (C=O) groups excluding carboxylic acids is 1. The summed E-state index contributed by atoms with van der Waals surface area (Å²) in [5.41, 5.74) is 0.677. The van der Waals surface area contributed by atoms with Gasteiger partial charge < -0.3 is 15.7 Å². The third-order valence-corrected chi connectivity index (χ3v) is 4.46. The summed E-state index contributed by atoms with van der Waals surface area (Å²) in [7, 11) is 0. The maximum Gasteiger partial charge on any atom is 0.226 e. The highest BCUT2D eigenvalue weighted by Gasteiger charge is 2.39. The summed E-state index contributed by atoms with van der Waals surface area (Å²) in [6.45, 7) is 3.83. The van der Waals surface area contributed by atoms with Gasteiger partial charge in [-0.05, 0) is 37.9 Å². The van der Waals surface area contributed by atoms with Gasteiger partial charge >= 0.3 is 0 Å². The zero-order chi connectivity index (χ0) is 15.1. The Morgan fingerprint density at radius 2 is 2.00 bits per heavy atom. The Bertz CT molecular complexity index is 436. The lowest BCUT2D eigenvalue weighted by Crippen LogP contribution is -2.48. The van der Waals surface area contributed by atoms with E-state index in [0.717, 1.165) is 44.3 Å². The average molecular weight is 290 g/mol. The van der Waals surface area contributed by atoms with Crippen LogP contribution in [0.3, 0.4) is 0 Å². The number of rotatable bonds is 6. The fourth-order valence-corrected chi connectivity index (χ4v) is 3.21. The van der Waals surface area contributed by atoms with Gasteiger partial charge in [0, 0.05) is 0 Å². The van der Waals surface area contributed by atoms with Crippen molar-refractivity contribution >= 4 is 5.91 Å². The van der Waals surface area contributed by atoms with Crippen LogP contribution in [0, 0.1) is 5.41 Å². The van der Waals surface area contributed by atoms with Crippen LogP contribution in [0.1, 0.15) is 44.2 Å². The molecule has 0 spiro atoms. The van der Waals surface area contributed by atoms with Gasteiger partial charge in [0.1, 0.15) is 0 Å². The molecule has 1 aromatic rings. The van der Waals surface area contributed by atoms with Gasteiger partial charge in [-0.3, -0.25) is 4.79 Å². The Kier molecular flexibility index (Phi) is 5.76. The van der Waals surface area contributed by atoms with Crippen molar-refractivity contribution in [2.75, 3.05) is 19.7 Å². The molecule has 1 aromatic carbocycles. The van der Waals surface area contributed by atoms with Crippen molar-refractivity contribution in [3.63, 3.8) is 0 Å². The van der Waals surface area contributed by atoms with Gasteiger partial charge in [-0.2, -0.15) is 0 Å². The molecule has 0 radical (unpaired) electrons. The van der Waals surface area contributed by atoms with Crippen molar-refractivity contribution in [3.8, 4) is 0 Å². The van der Waals surface area contributed by atoms with Gasteiger partial charge in [0.15, 0.2) is 0 Å². The van der Waals surface area contributed by atoms with Crippen LogP contribution in [0.4, 0.5) is 0 Å². The van der Waals surface area contributed by atoms with Crippen LogP contribution in [0.2, 0.25) is 0 Å². The first-order valence-corrected chi connectivity index (χ1v) is 7.89. The number of aliphatic hydroxyl groups is 1. The summed E-state index contributed by atoms with van der Waals surface area (Å²) in [4.78, 5) is 12.8. The van der Waals surface area contributed by atoms with Crippen LogP contribution >= 0.6 is 0 Å². The van der Waals surface area contributed by atoms with Crippen molar-refractivity contribution in [1.29, 1.82) is 0 Å². The Balaban J connectivity index is 2.10. The Hall–Kier alpha value is -1.39. The quantitative estimate of drug-likeness (QED) is 0.751. The highest BCUT2D eigenvalue weighted by Crippen LogP contribution is 2.35. The first-order chi connectivity index (χ1) is 10.2. The summed E-state index contributed by atoms with van der Waals surface area (Å²) < 4.78 is 0. The van der Waals surface area contributed by atoms with Crippen LogP contribution < -0.4 is 10.6 Å². The molecule has 4 heteroatoms. The van der Waals surface area contributed by atoms with E-state index < -0.39 is 0 Å². The fourth-order valence-electron chi connectivity index (χ4n) is 3.21. The Morgan fingerprint density at radius 3 is 2.57 bits per heavy atom. The molecule has 1 atom stereocenters. The number of carbonyl (C=O) groups is 1. The molecule has 0 bridgehead atoms. The molecule has 1 aliphatic heterocycles. The topological polar surface area (TPSA) is 61.4 Å². The second-order valence-electron chi connectivity index (χ2n) is 5.90. The molecule has 21 heavy (non-hydrogen) atoms. The molecule has 1 saturated heterocycles. The second-order valence-corrected chi connectivity index (χ2v) is 5.90. The predicted octanol–water partition coefficient (Wildman–Crippen LogP) is 2.01. The molecule has 0 saturated carbocycles. The van der Waals surface area contributed by atoms with E-state index in [4.69, 9.17) is 0 Å². The molecule has 1 aliphatic rings. The van der Waals surface area contributed by atoms with Crippen molar-refractivity contribution in [2.24, 2.45) is 5.41 Å². The van der Waals surface area contributed by atoms with E-state index in [9.17, 15) is 9.90 Å². The number of benzene rings is 1. The van der Waals surface area contributed by atoms with Gasteiger partial charge in [-0.1, -0.05) is 43.7 Å². The largest absolute Gasteiger partial charge is 0.394 e. The summed E-state index contributed by atoms with van der Waals surface area (Å²) in [6, 6.07) is 9.35. The first kappa shape index (κ1) is 16.0. The maximum atomic E-state index is 12.8. The Morgan fingerprint density at radius 1 is 1.33 bits per heavy atom. The van der Waals surface area contributed by atoms with Gasteiger partial charge in [-0.25, -0.2) is 0 Å². The predicted molar refractivity (Wildman–Crippen MR) is 83.9 cm³/mol. The highest BCUT2D eigenvalue weighted by molar-refractivity contribution is 5.83. The molecule has 3 N–H and O–H groups in total. The number of amides is 1. The van der Waals surface area contributed by atoms with Gasteiger partial charge in [-0.15, -0.1) is 0 Å². The molecule has 1 heterocycles. The second kappa shape index (κ2) is 7.57. The van der Waals surface area contributed by atoms with Crippen LogP contribution in [-0.4, -0.2) is 30.7 Å². The lowest BCUT2D eigenvalue weighted by atomic mass is 9.74. The molecule has 0 aromatic heterocycles. The number of piperidine rings is 1. The summed E-state index contributed by atoms with van der Waals surface area (Å²) in [5.74, 6) is 0.0914. The molecule has 2 rings (SSSR count). The highest BCUT2D eigenvalue weighted by atomic mass is 16.3. The van der Waals surface area contributed by atoms with E-state index in [1.54, 1.807) is 0 Å². The van der Waals surface area contributed by atoms with E-state index in [1.807, 2.05) is 30.3 Å². The van der Waals surface area contributed by atoms with Gasteiger partial charge in [0.05, 0.1) is 18.1 Å². The normalized spacial score (nSPS) is 19.0. The zero-order valence-corrected chi connectivity index (χ0v) is 12.8. The SMILES string of the molecule is CCCC1(C(=O)N[C@@H](CO)c2ccccc2)CCNCC1. The summed E-state index contributed by atoms with van der Waals surface area (Å²) >= 11 is 0. The van der Waals surface area contributed by atoms with Crippen molar-refractivity contribution in [3.05, 3.63) is 35.9 Å². The maximum absolute atomic E-state index is 12.8. The van der Waals surface area contributed by atoms with Crippen molar-refractivity contribution < 1.29 is 9.90 Å². The molecular weight excluding hydrogens is 264 g/mol. The number of aliphatic hydroxyl groups excluding tert-OH is 1. The monoisotopic (exact) mass is 290 g/mol. The zero-order valence-electron chi connectivity index (χ0n) is 12.8. The Labute approximate surface area is 126 Å². The van der Waals surface area contributed by atoms with Crippen molar-refractivity contribution in [2.45, 2.75) is 38.6 Å². The van der Waals surface area contributed by atoms with Crippen LogP contribution in [0.15, 0.2) is 30.3 Å². The number of hydrogen-bond acceptors (Lipinski definition) is 3. The molecule has 1 fully saturated rings. The van der Waals surface area contributed by atoms with E-state index >= 15 is 0 Å². The smallest absolute Gasteiger partial charge is 0.226 e. The number of nitrogens with one attached hydrogen (secondary N) is 2. The number of hydrogen-bond donors (Lipinski definition) is 3. The minimum atomic E-state index is -0.317. The molecule has 1 amide bonds. The van der Waals surface area contributed by atoms with Gasteiger partial charge in [0.25, 0.3) is 0 Å². The lowest BCUT2D eigenvalue weighted by molar-refractivity contribution is -0.134. The van der Waals surface area contributed by atoms with Crippen molar-refractivity contribution in [1.82, 2.24) is 10.6 Å². The lowest BCUT2D eigenvalue weighted by Gasteiger charge is -2.37. The fraction of sp³-hybridized carbons (Fsp3) is 0.588. The molecule has 4 nitrogen and oxygen atoms in total. The average Bonchev–Trinajstić information content (AvgIpc) is 2.54. The standard InChI is InChI=1S/C17H26N2O2/c1-2-8-17(9-11-18-12-10-17)16(21)19-15(13-20)14-6-4-3-5-7-14/h3-7,15,18,20H,2,8-13H2,1H3,(H,19,21)/t15-/m0/s1. The first-order valence-electron chi connectivity index (χ1n) is 7.89. The third-order valence-electron chi connectivity index (χ3n) is 4.46. The molecular formula is C17H26N2O2. The van der Waals surface area contributed by atoms with Crippen LogP contribution in [-0.2, 0) is 4.79 Å².